The fourth-order valence-electron chi connectivity index (χ4n) is 3.04. The van der Waals surface area contributed by atoms with Gasteiger partial charge in [0.25, 0.3) is 0 Å². The minimum absolute atomic E-state index is 0.0247. The molecule has 0 unspecified atom stereocenters. The maximum Gasteiger partial charge on any atom is 0.0791 e. The van der Waals surface area contributed by atoms with E-state index in [1.807, 2.05) is 12.1 Å². The second kappa shape index (κ2) is 4.54. The summed E-state index contributed by atoms with van der Waals surface area (Å²) < 4.78 is 0. The van der Waals surface area contributed by atoms with Crippen molar-refractivity contribution in [1.82, 2.24) is 4.98 Å². The zero-order valence-electron chi connectivity index (χ0n) is 11.8. The first-order chi connectivity index (χ1) is 10.3. The van der Waals surface area contributed by atoms with E-state index < -0.39 is 0 Å². The van der Waals surface area contributed by atoms with Crippen LogP contribution in [0.4, 0.5) is 0 Å². The standard InChI is InChI=1S/C19H15NO/c1-12-6-8-15-17(11-21)16-9-7-13-4-2-3-5-14(13)19(16)20-18(15)10-12/h2-10,21H,11H2,1H3. The summed E-state index contributed by atoms with van der Waals surface area (Å²) in [5, 5.41) is 14.2. The van der Waals surface area contributed by atoms with E-state index in [0.29, 0.717) is 0 Å². The number of hydrogen-bond donors (Lipinski definition) is 1. The van der Waals surface area contributed by atoms with Crippen LogP contribution in [0.3, 0.4) is 0 Å². The van der Waals surface area contributed by atoms with Crippen molar-refractivity contribution < 1.29 is 5.11 Å². The van der Waals surface area contributed by atoms with Crippen molar-refractivity contribution in [3.63, 3.8) is 0 Å². The SMILES string of the molecule is Cc1ccc2c(CO)c3ccc4ccccc4c3nc2c1. The summed E-state index contributed by atoms with van der Waals surface area (Å²) in [6.07, 6.45) is 0. The summed E-state index contributed by atoms with van der Waals surface area (Å²) in [6.45, 7) is 2.09. The number of pyridine rings is 1. The number of aliphatic hydroxyl groups excluding tert-OH is 1. The van der Waals surface area contributed by atoms with Crippen molar-refractivity contribution in [2.45, 2.75) is 13.5 Å². The molecule has 0 aliphatic heterocycles. The Morgan fingerprint density at radius 1 is 0.905 bits per heavy atom. The van der Waals surface area contributed by atoms with Crippen LogP contribution in [0.15, 0.2) is 54.6 Å². The van der Waals surface area contributed by atoms with Crippen LogP contribution in [0.1, 0.15) is 11.1 Å². The van der Waals surface area contributed by atoms with Crippen molar-refractivity contribution in [3.8, 4) is 0 Å². The zero-order chi connectivity index (χ0) is 14.4. The van der Waals surface area contributed by atoms with E-state index in [9.17, 15) is 5.11 Å². The molecule has 1 heterocycles. The maximum absolute atomic E-state index is 9.85. The summed E-state index contributed by atoms with van der Waals surface area (Å²) in [5.41, 5.74) is 4.05. The second-order valence-electron chi connectivity index (χ2n) is 5.45. The summed E-state index contributed by atoms with van der Waals surface area (Å²) in [6, 6.07) is 18.6. The van der Waals surface area contributed by atoms with Gasteiger partial charge >= 0.3 is 0 Å². The van der Waals surface area contributed by atoms with Gasteiger partial charge in [0, 0.05) is 16.2 Å². The Balaban J connectivity index is 2.28. The average molecular weight is 273 g/mol. The minimum Gasteiger partial charge on any atom is -0.392 e. The predicted octanol–water partition coefficient (Wildman–Crippen LogP) is 4.34. The lowest BCUT2D eigenvalue weighted by atomic mass is 9.98. The van der Waals surface area contributed by atoms with Gasteiger partial charge in [-0.15, -0.1) is 0 Å². The smallest absolute Gasteiger partial charge is 0.0791 e. The van der Waals surface area contributed by atoms with Gasteiger partial charge in [-0.3, -0.25) is 0 Å². The molecule has 21 heavy (non-hydrogen) atoms. The molecule has 0 amide bonds. The highest BCUT2D eigenvalue weighted by molar-refractivity contribution is 6.10. The van der Waals surface area contributed by atoms with Gasteiger partial charge in [-0.05, 0) is 29.5 Å². The third-order valence-electron chi connectivity index (χ3n) is 4.09. The maximum atomic E-state index is 9.85. The van der Waals surface area contributed by atoms with Crippen LogP contribution in [0, 0.1) is 6.92 Å². The normalized spacial score (nSPS) is 11.5. The van der Waals surface area contributed by atoms with Gasteiger partial charge < -0.3 is 5.11 Å². The summed E-state index contributed by atoms with van der Waals surface area (Å²) in [5.74, 6) is 0. The molecule has 1 N–H and O–H groups in total. The molecule has 0 fully saturated rings. The summed E-state index contributed by atoms with van der Waals surface area (Å²) in [4.78, 5) is 4.86. The number of hydrogen-bond acceptors (Lipinski definition) is 2. The lowest BCUT2D eigenvalue weighted by molar-refractivity contribution is 0.285. The van der Waals surface area contributed by atoms with Crippen LogP contribution in [-0.2, 0) is 6.61 Å². The fraction of sp³-hybridized carbons (Fsp3) is 0.105. The van der Waals surface area contributed by atoms with Gasteiger partial charge in [-0.25, -0.2) is 4.98 Å². The van der Waals surface area contributed by atoms with Crippen molar-refractivity contribution in [1.29, 1.82) is 0 Å². The minimum atomic E-state index is 0.0247. The summed E-state index contributed by atoms with van der Waals surface area (Å²) >= 11 is 0. The van der Waals surface area contributed by atoms with E-state index in [-0.39, 0.29) is 6.61 Å². The largest absolute Gasteiger partial charge is 0.392 e. The van der Waals surface area contributed by atoms with E-state index in [0.717, 1.165) is 32.8 Å². The molecule has 2 heteroatoms. The predicted molar refractivity (Wildman–Crippen MR) is 87.4 cm³/mol. The van der Waals surface area contributed by atoms with E-state index in [1.165, 1.54) is 10.9 Å². The van der Waals surface area contributed by atoms with Crippen LogP contribution < -0.4 is 0 Å². The van der Waals surface area contributed by atoms with Gasteiger partial charge in [-0.1, -0.05) is 48.5 Å². The van der Waals surface area contributed by atoms with E-state index in [4.69, 9.17) is 4.98 Å². The third kappa shape index (κ3) is 1.80. The van der Waals surface area contributed by atoms with Crippen molar-refractivity contribution in [2.24, 2.45) is 0 Å². The fourth-order valence-corrected chi connectivity index (χ4v) is 3.04. The monoisotopic (exact) mass is 273 g/mol. The molecule has 0 saturated heterocycles. The van der Waals surface area contributed by atoms with E-state index in [2.05, 4.69) is 49.4 Å². The number of aryl methyl sites for hydroxylation is 1. The molecule has 0 atom stereocenters. The highest BCUT2D eigenvalue weighted by atomic mass is 16.3. The third-order valence-corrected chi connectivity index (χ3v) is 4.09. The molecule has 2 nitrogen and oxygen atoms in total. The Morgan fingerprint density at radius 2 is 1.71 bits per heavy atom. The molecule has 0 aliphatic rings. The molecule has 1 aromatic heterocycles. The van der Waals surface area contributed by atoms with Crippen LogP contribution in [0.25, 0.3) is 32.6 Å². The average Bonchev–Trinajstić information content (AvgIpc) is 2.52. The van der Waals surface area contributed by atoms with Gasteiger partial charge in [0.05, 0.1) is 17.6 Å². The molecule has 0 radical (unpaired) electrons. The first kappa shape index (κ1) is 12.3. The van der Waals surface area contributed by atoms with E-state index >= 15 is 0 Å². The van der Waals surface area contributed by atoms with Crippen LogP contribution in [0.2, 0.25) is 0 Å². The van der Waals surface area contributed by atoms with Gasteiger partial charge in [0.1, 0.15) is 0 Å². The van der Waals surface area contributed by atoms with Gasteiger partial charge in [-0.2, -0.15) is 0 Å². The number of fused-ring (bicyclic) bond motifs is 4. The Hall–Kier alpha value is -2.45. The molecule has 0 aliphatic carbocycles. The first-order valence-electron chi connectivity index (χ1n) is 7.09. The number of nitrogens with zero attached hydrogens (tertiary/aromatic N) is 1. The molecule has 0 spiro atoms. The van der Waals surface area contributed by atoms with Crippen LogP contribution in [-0.4, -0.2) is 10.1 Å². The molecule has 4 rings (SSSR count). The Labute approximate surface area is 122 Å². The summed E-state index contributed by atoms with van der Waals surface area (Å²) in [7, 11) is 0. The lowest BCUT2D eigenvalue weighted by Gasteiger charge is -2.11. The van der Waals surface area contributed by atoms with Gasteiger partial charge in [0.2, 0.25) is 0 Å². The molecular formula is C19H15NO. The number of aromatic nitrogens is 1. The first-order valence-corrected chi connectivity index (χ1v) is 7.09. The van der Waals surface area contributed by atoms with Crippen LogP contribution in [0.5, 0.6) is 0 Å². The molecule has 102 valence electrons. The van der Waals surface area contributed by atoms with Gasteiger partial charge in [0.15, 0.2) is 0 Å². The number of benzene rings is 3. The lowest BCUT2D eigenvalue weighted by Crippen LogP contribution is -1.94. The quantitative estimate of drug-likeness (QED) is 0.413. The molecule has 0 saturated carbocycles. The molecule has 3 aromatic carbocycles. The topological polar surface area (TPSA) is 33.1 Å². The van der Waals surface area contributed by atoms with E-state index in [1.54, 1.807) is 0 Å². The zero-order valence-corrected chi connectivity index (χ0v) is 11.8. The molecule has 0 bridgehead atoms. The molecular weight excluding hydrogens is 258 g/mol. The number of rotatable bonds is 1. The number of aliphatic hydroxyl groups is 1. The Kier molecular flexibility index (Phi) is 2.66. The van der Waals surface area contributed by atoms with Crippen molar-refractivity contribution >= 4 is 32.6 Å². The Morgan fingerprint density at radius 3 is 2.57 bits per heavy atom. The second-order valence-corrected chi connectivity index (χ2v) is 5.45. The highest BCUT2D eigenvalue weighted by Gasteiger charge is 2.10. The Bertz CT molecular complexity index is 989. The molecule has 4 aromatic rings. The van der Waals surface area contributed by atoms with Crippen molar-refractivity contribution in [3.05, 3.63) is 65.7 Å². The van der Waals surface area contributed by atoms with Crippen molar-refractivity contribution in [2.75, 3.05) is 0 Å². The van der Waals surface area contributed by atoms with Crippen LogP contribution >= 0.6 is 0 Å². The highest BCUT2D eigenvalue weighted by Crippen LogP contribution is 2.31.